The first-order chi connectivity index (χ1) is 12.9. The minimum Gasteiger partial charge on any atom is -0.338 e. The average Bonchev–Trinajstić information content (AvgIpc) is 3.30. The van der Waals surface area contributed by atoms with Gasteiger partial charge in [-0.25, -0.2) is 13.2 Å². The van der Waals surface area contributed by atoms with E-state index in [1.54, 1.807) is 11.1 Å². The number of amides is 1. The largest absolute Gasteiger partial charge is 0.338 e. The third-order valence-electron chi connectivity index (χ3n) is 5.27. The Kier molecular flexibility index (Phi) is 4.67. The molecule has 1 aromatic carbocycles. The normalized spacial score (nSPS) is 18.4. The molecule has 0 spiro atoms. The van der Waals surface area contributed by atoms with Crippen molar-refractivity contribution in [3.8, 4) is 0 Å². The second kappa shape index (κ2) is 6.99. The van der Waals surface area contributed by atoms with E-state index in [1.165, 1.54) is 18.5 Å². The van der Waals surface area contributed by atoms with Gasteiger partial charge in [-0.2, -0.15) is 5.10 Å². The van der Waals surface area contributed by atoms with E-state index < -0.39 is 23.5 Å². The Morgan fingerprint density at radius 1 is 1.19 bits per heavy atom. The van der Waals surface area contributed by atoms with E-state index >= 15 is 0 Å². The molecule has 144 valence electrons. The fraction of sp³-hybridized carbons (Fsp3) is 0.474. The molecule has 5 nitrogen and oxygen atoms in total. The lowest BCUT2D eigenvalue weighted by molar-refractivity contribution is -0.137. The summed E-state index contributed by atoms with van der Waals surface area (Å²) < 4.78 is 42.0. The summed E-state index contributed by atoms with van der Waals surface area (Å²) >= 11 is 0. The van der Waals surface area contributed by atoms with Crippen LogP contribution in [0.3, 0.4) is 0 Å². The van der Waals surface area contributed by atoms with Gasteiger partial charge in [-0.15, -0.1) is 0 Å². The maximum absolute atomic E-state index is 13.7. The molecule has 1 aromatic heterocycles. The molecule has 2 aliphatic rings. The molecule has 1 amide bonds. The Labute approximate surface area is 154 Å². The van der Waals surface area contributed by atoms with E-state index in [9.17, 15) is 18.0 Å². The van der Waals surface area contributed by atoms with Crippen molar-refractivity contribution in [1.29, 1.82) is 0 Å². The van der Waals surface area contributed by atoms with Crippen LogP contribution in [0.2, 0.25) is 0 Å². The third kappa shape index (κ3) is 3.71. The Bertz CT molecular complexity index is 859. The average molecular weight is 378 g/mol. The number of nitrogens with two attached hydrogens (primary N) is 1. The molecule has 1 saturated heterocycles. The molecule has 0 unspecified atom stereocenters. The molecule has 1 aliphatic heterocycles. The predicted molar refractivity (Wildman–Crippen MR) is 92.4 cm³/mol. The second-order valence-corrected chi connectivity index (χ2v) is 7.45. The van der Waals surface area contributed by atoms with Crippen LogP contribution < -0.4 is 5.73 Å². The maximum Gasteiger partial charge on any atom is 0.224 e. The van der Waals surface area contributed by atoms with Gasteiger partial charge in [-0.1, -0.05) is 0 Å². The van der Waals surface area contributed by atoms with Gasteiger partial charge in [0.15, 0.2) is 11.6 Å². The van der Waals surface area contributed by atoms with E-state index in [0.717, 1.165) is 6.07 Å². The van der Waals surface area contributed by atoms with Crippen LogP contribution in [0, 0.1) is 17.5 Å². The molecule has 4 rings (SSSR count). The Hall–Kier alpha value is -2.35. The Morgan fingerprint density at radius 2 is 1.89 bits per heavy atom. The number of aromatic nitrogens is 2. The molecule has 2 aromatic rings. The predicted octanol–water partition coefficient (Wildman–Crippen LogP) is 2.52. The number of hydrogen-bond donors (Lipinski definition) is 1. The molecule has 0 bridgehead atoms. The van der Waals surface area contributed by atoms with Gasteiger partial charge < -0.3 is 10.6 Å². The molecule has 1 saturated carbocycles. The summed E-state index contributed by atoms with van der Waals surface area (Å²) in [7, 11) is 0. The molecule has 2 N–H and O–H groups in total. The lowest BCUT2D eigenvalue weighted by atomic mass is 10.0. The number of halogens is 3. The first kappa shape index (κ1) is 18.0. The summed E-state index contributed by atoms with van der Waals surface area (Å²) in [6, 6.07) is 2.85. The smallest absolute Gasteiger partial charge is 0.224 e. The van der Waals surface area contributed by atoms with Crippen LogP contribution >= 0.6 is 0 Å². The summed E-state index contributed by atoms with van der Waals surface area (Å²) in [5.41, 5.74) is 7.14. The molecule has 2 heterocycles. The van der Waals surface area contributed by atoms with Crippen molar-refractivity contribution in [3.63, 3.8) is 0 Å². The van der Waals surface area contributed by atoms with Gasteiger partial charge in [0.2, 0.25) is 5.91 Å². The number of carbonyl (C=O) groups is 1. The third-order valence-corrected chi connectivity index (χ3v) is 5.27. The minimum atomic E-state index is -1.24. The SMILES string of the molecule is N[C@@H](CC(=O)N1CC(n2nccc2C2CC2)C1)Cc1cc(F)c(F)cc1F. The molecule has 8 heteroatoms. The van der Waals surface area contributed by atoms with Crippen LogP contribution in [0.25, 0.3) is 0 Å². The van der Waals surface area contributed by atoms with Gasteiger partial charge in [0.05, 0.1) is 6.04 Å². The fourth-order valence-corrected chi connectivity index (χ4v) is 3.57. The van der Waals surface area contributed by atoms with E-state index in [-0.39, 0.29) is 30.4 Å². The number of rotatable bonds is 6. The Balaban J connectivity index is 1.30. The number of nitrogens with zero attached hydrogens (tertiary/aromatic N) is 3. The lowest BCUT2D eigenvalue weighted by Gasteiger charge is -2.40. The van der Waals surface area contributed by atoms with Crippen LogP contribution in [0.1, 0.15) is 42.5 Å². The summed E-state index contributed by atoms with van der Waals surface area (Å²) in [4.78, 5) is 14.1. The van der Waals surface area contributed by atoms with Gasteiger partial charge in [0.25, 0.3) is 0 Å². The highest BCUT2D eigenvalue weighted by atomic mass is 19.2. The molecular formula is C19H21F3N4O. The van der Waals surface area contributed by atoms with Crippen LogP contribution in [0.4, 0.5) is 13.2 Å². The maximum atomic E-state index is 13.7. The summed E-state index contributed by atoms with van der Waals surface area (Å²) in [5, 5.41) is 4.38. The summed E-state index contributed by atoms with van der Waals surface area (Å²) in [6.45, 7) is 1.15. The number of benzene rings is 1. The quantitative estimate of drug-likeness (QED) is 0.786. The number of carbonyl (C=O) groups excluding carboxylic acids is 1. The first-order valence-electron chi connectivity index (χ1n) is 9.12. The van der Waals surface area contributed by atoms with Crippen molar-refractivity contribution in [3.05, 3.63) is 53.1 Å². The van der Waals surface area contributed by atoms with Crippen molar-refractivity contribution in [1.82, 2.24) is 14.7 Å². The molecule has 1 atom stereocenters. The van der Waals surface area contributed by atoms with Crippen LogP contribution in [-0.2, 0) is 11.2 Å². The zero-order valence-corrected chi connectivity index (χ0v) is 14.7. The monoisotopic (exact) mass is 378 g/mol. The van der Waals surface area contributed by atoms with Gasteiger partial charge in [0, 0.05) is 49.4 Å². The van der Waals surface area contributed by atoms with Crippen LogP contribution in [0.15, 0.2) is 24.4 Å². The van der Waals surface area contributed by atoms with Crippen molar-refractivity contribution in [2.24, 2.45) is 5.73 Å². The first-order valence-corrected chi connectivity index (χ1v) is 9.12. The molecule has 0 radical (unpaired) electrons. The number of hydrogen-bond acceptors (Lipinski definition) is 3. The molecule has 2 fully saturated rings. The van der Waals surface area contributed by atoms with E-state index in [2.05, 4.69) is 5.10 Å². The fourth-order valence-electron chi connectivity index (χ4n) is 3.57. The highest BCUT2D eigenvalue weighted by Gasteiger charge is 2.36. The van der Waals surface area contributed by atoms with Gasteiger partial charge in [0.1, 0.15) is 5.82 Å². The van der Waals surface area contributed by atoms with Gasteiger partial charge in [-0.05, 0) is 37.0 Å². The minimum absolute atomic E-state index is 0.0266. The van der Waals surface area contributed by atoms with Gasteiger partial charge in [-0.3, -0.25) is 9.48 Å². The Morgan fingerprint density at radius 3 is 2.59 bits per heavy atom. The molecular weight excluding hydrogens is 357 g/mol. The summed E-state index contributed by atoms with van der Waals surface area (Å²) in [6.07, 6.45) is 4.17. The molecule has 27 heavy (non-hydrogen) atoms. The standard InChI is InChI=1S/C19H21F3N4O/c20-15-8-17(22)16(21)6-12(15)5-13(23)7-19(27)25-9-14(10-25)26-18(3-4-24-26)11-1-2-11/h3-4,6,8,11,13-14H,1-2,5,7,9-10,23H2/t13-/m1/s1. The molecule has 1 aliphatic carbocycles. The zero-order chi connectivity index (χ0) is 19.1. The summed E-state index contributed by atoms with van der Waals surface area (Å²) in [5.74, 6) is -2.75. The van der Waals surface area contributed by atoms with Crippen LogP contribution in [0.5, 0.6) is 0 Å². The van der Waals surface area contributed by atoms with Crippen molar-refractivity contribution in [2.75, 3.05) is 13.1 Å². The highest BCUT2D eigenvalue weighted by molar-refractivity contribution is 5.77. The van der Waals surface area contributed by atoms with Crippen molar-refractivity contribution >= 4 is 5.91 Å². The van der Waals surface area contributed by atoms with E-state index in [0.29, 0.717) is 25.1 Å². The highest BCUT2D eigenvalue weighted by Crippen LogP contribution is 2.41. The van der Waals surface area contributed by atoms with Crippen molar-refractivity contribution in [2.45, 2.75) is 43.7 Å². The van der Waals surface area contributed by atoms with E-state index in [4.69, 9.17) is 5.73 Å². The van der Waals surface area contributed by atoms with E-state index in [1.807, 2.05) is 10.7 Å². The zero-order valence-electron chi connectivity index (χ0n) is 14.7. The lowest BCUT2D eigenvalue weighted by Crippen LogP contribution is -2.52. The number of likely N-dealkylation sites (tertiary alicyclic amines) is 1. The van der Waals surface area contributed by atoms with Crippen LogP contribution in [-0.4, -0.2) is 39.7 Å². The second-order valence-electron chi connectivity index (χ2n) is 7.45. The topological polar surface area (TPSA) is 64.2 Å². The van der Waals surface area contributed by atoms with Crippen molar-refractivity contribution < 1.29 is 18.0 Å². The van der Waals surface area contributed by atoms with Gasteiger partial charge >= 0.3 is 0 Å².